The number of aryl methyl sites for hydroxylation is 1. The van der Waals surface area contributed by atoms with Crippen molar-refractivity contribution in [3.8, 4) is 0 Å². The predicted octanol–water partition coefficient (Wildman–Crippen LogP) is 1.03. The Morgan fingerprint density at radius 2 is 2.14 bits per heavy atom. The van der Waals surface area contributed by atoms with Gasteiger partial charge in [0.25, 0.3) is 5.91 Å². The first-order chi connectivity index (χ1) is 10.2. The number of oxazole rings is 1. The van der Waals surface area contributed by atoms with Crippen molar-refractivity contribution in [2.24, 2.45) is 5.92 Å². The zero-order chi connectivity index (χ0) is 14.8. The van der Waals surface area contributed by atoms with E-state index in [1.54, 1.807) is 0 Å². The second-order valence-corrected chi connectivity index (χ2v) is 5.88. The third kappa shape index (κ3) is 2.82. The monoisotopic (exact) mass is 293 g/mol. The van der Waals surface area contributed by atoms with Crippen molar-refractivity contribution in [1.29, 1.82) is 0 Å². The van der Waals surface area contributed by atoms with Gasteiger partial charge in [0.2, 0.25) is 0 Å². The summed E-state index contributed by atoms with van der Waals surface area (Å²) < 4.78 is 10.7. The van der Waals surface area contributed by atoms with Crippen molar-refractivity contribution in [2.45, 2.75) is 26.3 Å². The molecule has 2 fully saturated rings. The molecule has 0 aliphatic carbocycles. The first-order valence-corrected chi connectivity index (χ1v) is 7.74. The van der Waals surface area contributed by atoms with Gasteiger partial charge in [-0.3, -0.25) is 9.69 Å². The van der Waals surface area contributed by atoms with E-state index in [-0.39, 0.29) is 5.91 Å². The number of likely N-dealkylation sites (tertiary alicyclic amines) is 1. The van der Waals surface area contributed by atoms with Crippen molar-refractivity contribution >= 4 is 5.91 Å². The molecule has 1 amide bonds. The third-order valence-corrected chi connectivity index (χ3v) is 4.54. The van der Waals surface area contributed by atoms with E-state index < -0.39 is 0 Å². The largest absolute Gasteiger partial charge is 0.448 e. The van der Waals surface area contributed by atoms with Gasteiger partial charge in [-0.2, -0.15) is 0 Å². The van der Waals surface area contributed by atoms with Crippen LogP contribution in [0, 0.1) is 5.92 Å². The molecule has 0 unspecified atom stereocenters. The summed E-state index contributed by atoms with van der Waals surface area (Å²) in [6.07, 6.45) is 2.06. The van der Waals surface area contributed by atoms with Crippen molar-refractivity contribution in [3.05, 3.63) is 17.8 Å². The molecule has 3 heterocycles. The molecule has 0 radical (unpaired) electrons. The number of nitrogens with zero attached hydrogens (tertiary/aromatic N) is 3. The lowest BCUT2D eigenvalue weighted by molar-refractivity contribution is 0.0119. The Morgan fingerprint density at radius 3 is 2.86 bits per heavy atom. The molecule has 21 heavy (non-hydrogen) atoms. The minimum Gasteiger partial charge on any atom is -0.448 e. The van der Waals surface area contributed by atoms with Gasteiger partial charge in [-0.05, 0) is 5.92 Å². The molecule has 2 aliphatic rings. The molecule has 0 N–H and O–H groups in total. The smallest absolute Gasteiger partial charge is 0.276 e. The number of carbonyl (C=O) groups excluding carboxylic acids is 1. The maximum atomic E-state index is 12.6. The average Bonchev–Trinajstić information content (AvgIpc) is 3.13. The molecule has 6 heteroatoms. The highest BCUT2D eigenvalue weighted by Crippen LogP contribution is 2.24. The van der Waals surface area contributed by atoms with E-state index in [0.29, 0.717) is 29.8 Å². The summed E-state index contributed by atoms with van der Waals surface area (Å²) in [7, 11) is 0. The number of carbonyl (C=O) groups is 1. The van der Waals surface area contributed by atoms with Gasteiger partial charge in [-0.1, -0.05) is 13.8 Å². The SMILES string of the molecule is CCc1ocnc1C(=O)N1C[C@H](C)[C@@H](N2CCOCC2)C1. The van der Waals surface area contributed by atoms with Crippen molar-refractivity contribution in [3.63, 3.8) is 0 Å². The van der Waals surface area contributed by atoms with Gasteiger partial charge in [0.15, 0.2) is 12.1 Å². The molecule has 0 aromatic carbocycles. The number of morpholine rings is 1. The fraction of sp³-hybridized carbons (Fsp3) is 0.733. The Balaban J connectivity index is 1.69. The van der Waals surface area contributed by atoms with Crippen molar-refractivity contribution < 1.29 is 13.9 Å². The summed E-state index contributed by atoms with van der Waals surface area (Å²) in [5.41, 5.74) is 0.479. The second kappa shape index (κ2) is 6.15. The second-order valence-electron chi connectivity index (χ2n) is 5.88. The minimum absolute atomic E-state index is 0.00297. The number of aromatic nitrogens is 1. The van der Waals surface area contributed by atoms with E-state index in [0.717, 1.165) is 39.4 Å². The fourth-order valence-electron chi connectivity index (χ4n) is 3.35. The van der Waals surface area contributed by atoms with Gasteiger partial charge in [-0.15, -0.1) is 0 Å². The lowest BCUT2D eigenvalue weighted by Crippen LogP contribution is -2.47. The molecule has 2 aliphatic heterocycles. The van der Waals surface area contributed by atoms with E-state index in [4.69, 9.17) is 9.15 Å². The van der Waals surface area contributed by atoms with Crippen LogP contribution in [-0.4, -0.2) is 66.1 Å². The van der Waals surface area contributed by atoms with Crippen LogP contribution in [0.3, 0.4) is 0 Å². The molecule has 1 aromatic rings. The topological polar surface area (TPSA) is 58.8 Å². The normalized spacial score (nSPS) is 27.2. The van der Waals surface area contributed by atoms with Gasteiger partial charge >= 0.3 is 0 Å². The van der Waals surface area contributed by atoms with E-state index in [9.17, 15) is 4.79 Å². The summed E-state index contributed by atoms with van der Waals surface area (Å²) in [6.45, 7) is 9.26. The number of amides is 1. The zero-order valence-corrected chi connectivity index (χ0v) is 12.7. The van der Waals surface area contributed by atoms with Crippen molar-refractivity contribution in [1.82, 2.24) is 14.8 Å². The Kier molecular flexibility index (Phi) is 4.26. The maximum Gasteiger partial charge on any atom is 0.276 e. The van der Waals surface area contributed by atoms with E-state index in [1.807, 2.05) is 11.8 Å². The Morgan fingerprint density at radius 1 is 1.38 bits per heavy atom. The molecule has 2 atom stereocenters. The molecule has 0 spiro atoms. The molecule has 2 saturated heterocycles. The first-order valence-electron chi connectivity index (χ1n) is 7.74. The van der Waals surface area contributed by atoms with Crippen LogP contribution in [-0.2, 0) is 11.2 Å². The highest BCUT2D eigenvalue weighted by Gasteiger charge is 2.37. The molecule has 0 saturated carbocycles. The van der Waals surface area contributed by atoms with Gasteiger partial charge < -0.3 is 14.1 Å². The van der Waals surface area contributed by atoms with Crippen LogP contribution >= 0.6 is 0 Å². The zero-order valence-electron chi connectivity index (χ0n) is 12.7. The van der Waals surface area contributed by atoms with Gasteiger partial charge in [0.1, 0.15) is 5.76 Å². The lowest BCUT2D eigenvalue weighted by atomic mass is 10.0. The summed E-state index contributed by atoms with van der Waals surface area (Å²) in [4.78, 5) is 21.1. The van der Waals surface area contributed by atoms with Crippen LogP contribution < -0.4 is 0 Å². The molecule has 6 nitrogen and oxygen atoms in total. The van der Waals surface area contributed by atoms with Crippen LogP contribution in [0.5, 0.6) is 0 Å². The molecule has 3 rings (SSSR count). The van der Waals surface area contributed by atoms with Crippen LogP contribution in [0.15, 0.2) is 10.8 Å². The molecular formula is C15H23N3O3. The van der Waals surface area contributed by atoms with Gasteiger partial charge in [0.05, 0.1) is 13.2 Å². The van der Waals surface area contributed by atoms with Crippen LogP contribution in [0.25, 0.3) is 0 Å². The van der Waals surface area contributed by atoms with E-state index >= 15 is 0 Å². The van der Waals surface area contributed by atoms with Crippen LogP contribution in [0.2, 0.25) is 0 Å². The number of ether oxygens (including phenoxy) is 1. The predicted molar refractivity (Wildman–Crippen MR) is 77.1 cm³/mol. The van der Waals surface area contributed by atoms with Gasteiger partial charge in [-0.25, -0.2) is 4.98 Å². The third-order valence-electron chi connectivity index (χ3n) is 4.54. The molecular weight excluding hydrogens is 270 g/mol. The quantitative estimate of drug-likeness (QED) is 0.833. The van der Waals surface area contributed by atoms with Crippen LogP contribution in [0.4, 0.5) is 0 Å². The highest BCUT2D eigenvalue weighted by atomic mass is 16.5. The summed E-state index contributed by atoms with van der Waals surface area (Å²) >= 11 is 0. The lowest BCUT2D eigenvalue weighted by Gasteiger charge is -2.33. The van der Waals surface area contributed by atoms with Gasteiger partial charge in [0, 0.05) is 38.6 Å². The molecule has 116 valence electrons. The molecule has 1 aromatic heterocycles. The Labute approximate surface area is 125 Å². The number of hydrogen-bond donors (Lipinski definition) is 0. The van der Waals surface area contributed by atoms with E-state index in [1.165, 1.54) is 6.39 Å². The van der Waals surface area contributed by atoms with Crippen molar-refractivity contribution in [2.75, 3.05) is 39.4 Å². The fourth-order valence-corrected chi connectivity index (χ4v) is 3.35. The Hall–Kier alpha value is -1.40. The number of hydrogen-bond acceptors (Lipinski definition) is 5. The van der Waals surface area contributed by atoms with Crippen LogP contribution in [0.1, 0.15) is 30.1 Å². The van der Waals surface area contributed by atoms with E-state index in [2.05, 4.69) is 16.8 Å². The summed E-state index contributed by atoms with van der Waals surface area (Å²) in [5.74, 6) is 1.16. The summed E-state index contributed by atoms with van der Waals surface area (Å²) in [6, 6.07) is 0.426. The molecule has 0 bridgehead atoms. The standard InChI is InChI=1S/C15H23N3O3/c1-3-13-14(16-10-21-13)15(19)18-8-11(2)12(9-18)17-4-6-20-7-5-17/h10-12H,3-9H2,1-2H3/t11-,12-/m0/s1. The summed E-state index contributed by atoms with van der Waals surface area (Å²) in [5, 5.41) is 0. The maximum absolute atomic E-state index is 12.6. The first kappa shape index (κ1) is 14.5. The Bertz CT molecular complexity index is 496. The highest BCUT2D eigenvalue weighted by molar-refractivity contribution is 5.93. The minimum atomic E-state index is 0.00297. The number of rotatable bonds is 3. The average molecular weight is 293 g/mol.